The highest BCUT2D eigenvalue weighted by molar-refractivity contribution is 6.74. The lowest BCUT2D eigenvalue weighted by Crippen LogP contribution is -2.42. The van der Waals surface area contributed by atoms with E-state index in [2.05, 4.69) is 48.7 Å². The minimum Gasteiger partial charge on any atom is -0.497 e. The van der Waals surface area contributed by atoms with Crippen molar-refractivity contribution in [2.24, 2.45) is 0 Å². The maximum atomic E-state index is 13.5. The SMILES string of the molecule is COc1cc(OC)cc(N(CCO[Si](C)(C)C(C)(C)C)c2ccc3ncn(-c4ccncc4)c(=O)c3c2)c1. The molecule has 0 aliphatic heterocycles. The molecule has 0 saturated heterocycles. The molecule has 8 nitrogen and oxygen atoms in total. The normalized spacial score (nSPS) is 12.0. The van der Waals surface area contributed by atoms with Gasteiger partial charge in [-0.2, -0.15) is 0 Å². The van der Waals surface area contributed by atoms with Crippen molar-refractivity contribution in [2.45, 2.75) is 38.9 Å². The van der Waals surface area contributed by atoms with Crippen molar-refractivity contribution in [1.29, 1.82) is 0 Å². The lowest BCUT2D eigenvalue weighted by molar-refractivity contribution is 0.297. The Morgan fingerprint density at radius 2 is 1.58 bits per heavy atom. The predicted octanol–water partition coefficient (Wildman–Crippen LogP) is 5.96. The number of methoxy groups -OCH3 is 2. The monoisotopic (exact) mass is 532 g/mol. The largest absolute Gasteiger partial charge is 0.497 e. The fraction of sp³-hybridized carbons (Fsp3) is 0.345. The maximum Gasteiger partial charge on any atom is 0.265 e. The fourth-order valence-corrected chi connectivity index (χ4v) is 4.97. The van der Waals surface area contributed by atoms with E-state index in [9.17, 15) is 4.79 Å². The van der Waals surface area contributed by atoms with Crippen molar-refractivity contribution in [3.05, 3.63) is 77.6 Å². The molecular formula is C29H36N4O4Si. The third-order valence-corrected chi connectivity index (χ3v) is 11.8. The molecule has 0 fully saturated rings. The molecule has 38 heavy (non-hydrogen) atoms. The number of nitrogens with zero attached hydrogens (tertiary/aromatic N) is 4. The third kappa shape index (κ3) is 5.73. The van der Waals surface area contributed by atoms with E-state index in [4.69, 9.17) is 13.9 Å². The van der Waals surface area contributed by atoms with Gasteiger partial charge in [0.05, 0.1) is 37.4 Å². The predicted molar refractivity (Wildman–Crippen MR) is 155 cm³/mol. The van der Waals surface area contributed by atoms with Crippen molar-refractivity contribution in [3.63, 3.8) is 0 Å². The van der Waals surface area contributed by atoms with Gasteiger partial charge in [-0.1, -0.05) is 20.8 Å². The summed E-state index contributed by atoms with van der Waals surface area (Å²) >= 11 is 0. The molecule has 2 aromatic heterocycles. The molecule has 0 atom stereocenters. The number of anilines is 2. The van der Waals surface area contributed by atoms with Crippen LogP contribution in [0.2, 0.25) is 18.1 Å². The van der Waals surface area contributed by atoms with Gasteiger partial charge in [0.25, 0.3) is 5.56 Å². The minimum atomic E-state index is -1.95. The van der Waals surface area contributed by atoms with Gasteiger partial charge in [-0.05, 0) is 48.5 Å². The summed E-state index contributed by atoms with van der Waals surface area (Å²) < 4.78 is 19.1. The molecular weight excluding hydrogens is 496 g/mol. The number of pyridine rings is 1. The maximum absolute atomic E-state index is 13.5. The summed E-state index contributed by atoms with van der Waals surface area (Å²) in [5.41, 5.74) is 2.91. The Morgan fingerprint density at radius 3 is 2.18 bits per heavy atom. The Kier molecular flexibility index (Phi) is 7.89. The van der Waals surface area contributed by atoms with Crippen LogP contribution in [0.1, 0.15) is 20.8 Å². The zero-order valence-corrected chi connectivity index (χ0v) is 24.2. The van der Waals surface area contributed by atoms with Crippen LogP contribution in [-0.4, -0.2) is 50.2 Å². The first-order valence-electron chi connectivity index (χ1n) is 12.6. The van der Waals surface area contributed by atoms with Crippen LogP contribution in [0.4, 0.5) is 11.4 Å². The smallest absolute Gasteiger partial charge is 0.265 e. The number of aromatic nitrogens is 3. The second-order valence-electron chi connectivity index (χ2n) is 10.7. The van der Waals surface area contributed by atoms with Gasteiger partial charge in [0.1, 0.15) is 17.8 Å². The number of fused-ring (bicyclic) bond motifs is 1. The van der Waals surface area contributed by atoms with Gasteiger partial charge in [0, 0.05) is 48.5 Å². The number of rotatable bonds is 9. The van der Waals surface area contributed by atoms with E-state index in [0.29, 0.717) is 41.2 Å². The standard InChI is InChI=1S/C29H36N4O4Si/c1-29(2,3)38(6,7)37-15-14-32(23-16-24(35-4)19-25(17-23)36-5)22-8-9-27-26(18-22)28(34)33(20-31-27)21-10-12-30-13-11-21/h8-13,16-20H,14-15H2,1-7H3. The molecule has 0 unspecified atom stereocenters. The van der Waals surface area contributed by atoms with E-state index >= 15 is 0 Å². The third-order valence-electron chi connectivity index (χ3n) is 7.23. The van der Waals surface area contributed by atoms with Gasteiger partial charge in [0.2, 0.25) is 0 Å². The minimum absolute atomic E-state index is 0.101. The summed E-state index contributed by atoms with van der Waals surface area (Å²) in [4.78, 5) is 24.2. The molecule has 0 aliphatic carbocycles. The molecule has 0 bridgehead atoms. The van der Waals surface area contributed by atoms with Gasteiger partial charge in [-0.15, -0.1) is 0 Å². The van der Waals surface area contributed by atoms with Gasteiger partial charge in [-0.3, -0.25) is 14.3 Å². The molecule has 0 amide bonds. The first-order valence-corrected chi connectivity index (χ1v) is 15.5. The molecule has 0 aliphatic rings. The zero-order valence-electron chi connectivity index (χ0n) is 23.2. The average molecular weight is 533 g/mol. The van der Waals surface area contributed by atoms with Gasteiger partial charge in [-0.25, -0.2) is 4.98 Å². The summed E-state index contributed by atoms with van der Waals surface area (Å²) in [5, 5.41) is 0.621. The van der Waals surface area contributed by atoms with Gasteiger partial charge < -0.3 is 18.8 Å². The van der Waals surface area contributed by atoms with Crippen LogP contribution in [0.3, 0.4) is 0 Å². The van der Waals surface area contributed by atoms with E-state index in [-0.39, 0.29) is 10.6 Å². The first kappa shape index (κ1) is 27.3. The van der Waals surface area contributed by atoms with E-state index < -0.39 is 8.32 Å². The highest BCUT2D eigenvalue weighted by Crippen LogP contribution is 2.37. The summed E-state index contributed by atoms with van der Waals surface area (Å²) in [7, 11) is 1.31. The fourth-order valence-electron chi connectivity index (χ4n) is 3.93. The van der Waals surface area contributed by atoms with Crippen LogP contribution in [0, 0.1) is 0 Å². The molecule has 0 N–H and O–H groups in total. The molecule has 0 spiro atoms. The topological polar surface area (TPSA) is 78.7 Å². The molecule has 4 rings (SSSR count). The molecule has 2 aromatic carbocycles. The molecule has 9 heteroatoms. The summed E-state index contributed by atoms with van der Waals surface area (Å²) in [6, 6.07) is 15.1. The zero-order chi connectivity index (χ0) is 27.5. The van der Waals surface area contributed by atoms with Crippen LogP contribution < -0.4 is 19.9 Å². The van der Waals surface area contributed by atoms with Crippen molar-refractivity contribution >= 4 is 30.6 Å². The Hall–Kier alpha value is -3.69. The number of hydrogen-bond donors (Lipinski definition) is 0. The van der Waals surface area contributed by atoms with Gasteiger partial charge in [0.15, 0.2) is 8.32 Å². The molecule has 0 saturated carbocycles. The lowest BCUT2D eigenvalue weighted by atomic mass is 10.1. The van der Waals surface area contributed by atoms with Crippen LogP contribution in [0.5, 0.6) is 11.5 Å². The molecule has 2 heterocycles. The average Bonchev–Trinajstić information content (AvgIpc) is 2.90. The summed E-state index contributed by atoms with van der Waals surface area (Å²) in [6.07, 6.45) is 4.86. The summed E-state index contributed by atoms with van der Waals surface area (Å²) in [5.74, 6) is 1.36. The quantitative estimate of drug-likeness (QED) is 0.246. The van der Waals surface area contributed by atoms with Crippen molar-refractivity contribution in [3.8, 4) is 17.2 Å². The van der Waals surface area contributed by atoms with Crippen molar-refractivity contribution in [2.75, 3.05) is 32.3 Å². The van der Waals surface area contributed by atoms with E-state index in [1.807, 2.05) is 36.4 Å². The van der Waals surface area contributed by atoms with E-state index in [1.165, 1.54) is 4.57 Å². The van der Waals surface area contributed by atoms with Crippen LogP contribution in [0.25, 0.3) is 16.6 Å². The molecule has 0 radical (unpaired) electrons. The second-order valence-corrected chi connectivity index (χ2v) is 15.5. The van der Waals surface area contributed by atoms with E-state index in [0.717, 1.165) is 11.4 Å². The molecule has 4 aromatic rings. The van der Waals surface area contributed by atoms with Crippen molar-refractivity contribution in [1.82, 2.24) is 14.5 Å². The molecule has 200 valence electrons. The highest BCUT2D eigenvalue weighted by atomic mass is 28.4. The van der Waals surface area contributed by atoms with Crippen LogP contribution in [0.15, 0.2) is 72.0 Å². The Bertz CT molecular complexity index is 1440. The number of hydrogen-bond acceptors (Lipinski definition) is 7. The first-order chi connectivity index (χ1) is 18.0. The van der Waals surface area contributed by atoms with Crippen molar-refractivity contribution < 1.29 is 13.9 Å². The van der Waals surface area contributed by atoms with Crippen LogP contribution >= 0.6 is 0 Å². The summed E-state index contributed by atoms with van der Waals surface area (Å²) in [6.45, 7) is 12.3. The Labute approximate surface area is 225 Å². The number of benzene rings is 2. The Balaban J connectivity index is 1.79. The second kappa shape index (κ2) is 11.0. The lowest BCUT2D eigenvalue weighted by Gasteiger charge is -2.37. The highest BCUT2D eigenvalue weighted by Gasteiger charge is 2.37. The Morgan fingerprint density at radius 1 is 0.921 bits per heavy atom. The number of ether oxygens (including phenoxy) is 2. The van der Waals surface area contributed by atoms with E-state index in [1.54, 1.807) is 45.1 Å². The van der Waals surface area contributed by atoms with Crippen LogP contribution in [-0.2, 0) is 4.43 Å². The van der Waals surface area contributed by atoms with Gasteiger partial charge >= 0.3 is 0 Å².